The van der Waals surface area contributed by atoms with E-state index in [1.54, 1.807) is 19.2 Å². The zero-order valence-electron chi connectivity index (χ0n) is 10.9. The van der Waals surface area contributed by atoms with E-state index in [-0.39, 0.29) is 0 Å². The molecule has 1 unspecified atom stereocenters. The van der Waals surface area contributed by atoms with Crippen LogP contribution in [0.25, 0.3) is 0 Å². The highest BCUT2D eigenvalue weighted by Crippen LogP contribution is 2.24. The largest absolute Gasteiger partial charge is 0.497 e. The van der Waals surface area contributed by atoms with Crippen molar-refractivity contribution in [1.29, 1.82) is 0 Å². The number of aryl methyl sites for hydroxylation is 2. The van der Waals surface area contributed by atoms with Gasteiger partial charge in [0, 0.05) is 13.3 Å². The second-order valence-electron chi connectivity index (χ2n) is 3.06. The minimum absolute atomic E-state index is 0.563. The molecular formula is C11H16O2S. The highest BCUT2D eigenvalue weighted by atomic mass is 32.2. The van der Waals surface area contributed by atoms with Crippen LogP contribution < -0.4 is 4.74 Å². The Morgan fingerprint density at radius 1 is 1.57 bits per heavy atom. The Hall–Kier alpha value is -0.830. The van der Waals surface area contributed by atoms with Crippen LogP contribution >= 0.6 is 0 Å². The lowest BCUT2D eigenvalue weighted by molar-refractivity contribution is 0.413. The molecule has 1 aromatic rings. The van der Waals surface area contributed by atoms with Gasteiger partial charge in [-0.1, -0.05) is 6.92 Å². The first-order valence-corrected chi connectivity index (χ1v) is 5.49. The topological polar surface area (TPSA) is 26.3 Å². The molecule has 1 rings (SSSR count). The molecule has 2 atom stereocenters. The molecule has 1 aromatic carbocycles. The molecule has 0 N–H and O–H groups in total. The summed E-state index contributed by atoms with van der Waals surface area (Å²) in [5.74, 6) is 0.701. The molecule has 78 valence electrons. The third-order valence-electron chi connectivity index (χ3n) is 2.04. The molecule has 0 bridgehead atoms. The molecule has 0 fully saturated rings. The highest BCUT2D eigenvalue weighted by Gasteiger charge is 2.10. The van der Waals surface area contributed by atoms with Crippen molar-refractivity contribution < 1.29 is 11.7 Å². The van der Waals surface area contributed by atoms with Gasteiger partial charge in [0.05, 0.1) is 17.9 Å². The van der Waals surface area contributed by atoms with Gasteiger partial charge in [-0.2, -0.15) is 0 Å². The lowest BCUT2D eigenvalue weighted by Gasteiger charge is -2.10. The lowest BCUT2D eigenvalue weighted by atomic mass is 10.1. The van der Waals surface area contributed by atoms with Crippen LogP contribution in [0, 0.1) is 13.8 Å². The van der Waals surface area contributed by atoms with Crippen molar-refractivity contribution in [3.8, 4) is 5.75 Å². The van der Waals surface area contributed by atoms with Gasteiger partial charge in [-0.15, -0.1) is 0 Å². The molecule has 0 aliphatic rings. The molecular weight excluding hydrogens is 197 g/mol. The zero-order valence-corrected chi connectivity index (χ0v) is 9.70. The van der Waals surface area contributed by atoms with Gasteiger partial charge in [-0.3, -0.25) is 4.21 Å². The Morgan fingerprint density at radius 3 is 2.43 bits per heavy atom. The molecule has 0 spiro atoms. The van der Waals surface area contributed by atoms with Gasteiger partial charge in [0.1, 0.15) is 5.75 Å². The van der Waals surface area contributed by atoms with E-state index < -0.39 is 16.5 Å². The second kappa shape index (κ2) is 4.60. The predicted octanol–water partition coefficient (Wildman–Crippen LogP) is 2.44. The summed E-state index contributed by atoms with van der Waals surface area (Å²) in [5, 5.41) is 0. The van der Waals surface area contributed by atoms with Crippen molar-refractivity contribution in [3.05, 3.63) is 23.3 Å². The van der Waals surface area contributed by atoms with Crippen molar-refractivity contribution in [3.63, 3.8) is 0 Å². The van der Waals surface area contributed by atoms with Crippen molar-refractivity contribution in [2.45, 2.75) is 25.7 Å². The van der Waals surface area contributed by atoms with E-state index in [1.165, 1.54) is 6.92 Å². The molecule has 0 radical (unpaired) electrons. The number of methoxy groups -OCH3 is 1. The summed E-state index contributed by atoms with van der Waals surface area (Å²) in [6.07, 6.45) is 0. The molecule has 0 aliphatic carbocycles. The van der Waals surface area contributed by atoms with E-state index in [2.05, 4.69) is 0 Å². The minimum atomic E-state index is -1.73. The second-order valence-corrected chi connectivity index (χ2v) is 4.42. The standard InChI is InChI=1S/C11H16O2S/c1-5-14(12)11-8(2)6-10(13-4)7-9(11)3/h6-7H,5H2,1-4H3/i5+1DH/t5-,14?/m1/s1. The number of ether oxygens (including phenoxy) is 1. The van der Waals surface area contributed by atoms with Gasteiger partial charge < -0.3 is 4.74 Å². The fourth-order valence-corrected chi connectivity index (χ4v) is 2.33. The van der Waals surface area contributed by atoms with Gasteiger partial charge >= 0.3 is 0 Å². The van der Waals surface area contributed by atoms with Gasteiger partial charge in [-0.05, 0) is 37.1 Å². The van der Waals surface area contributed by atoms with Gasteiger partial charge in [0.25, 0.3) is 0 Å². The molecule has 0 saturated carbocycles. The summed E-state index contributed by atoms with van der Waals surface area (Å²) in [4.78, 5) is 0.563. The van der Waals surface area contributed by atoms with Crippen LogP contribution in [-0.4, -0.2) is 17.0 Å². The maximum Gasteiger partial charge on any atom is 0.119 e. The quantitative estimate of drug-likeness (QED) is 0.722. The normalized spacial score (nSPS) is 19.1. The maximum atomic E-state index is 12.0. The predicted molar refractivity (Wildman–Crippen MR) is 59.4 cm³/mol. The summed E-state index contributed by atoms with van der Waals surface area (Å²) >= 11 is 0. The summed E-state index contributed by atoms with van der Waals surface area (Å²) in [6.45, 7) is 4.95. The van der Waals surface area contributed by atoms with Gasteiger partial charge in [-0.25, -0.2) is 0 Å². The maximum absolute atomic E-state index is 12.0. The van der Waals surface area contributed by atoms with Crippen LogP contribution in [0.3, 0.4) is 0 Å². The summed E-state index contributed by atoms with van der Waals surface area (Å²) in [5.41, 5.74) is -0.147. The lowest BCUT2D eigenvalue weighted by Crippen LogP contribution is -2.00. The molecule has 0 aliphatic heterocycles. The Bertz CT molecular complexity index is 401. The van der Waals surface area contributed by atoms with Crippen LogP contribution in [0.4, 0.5) is 0 Å². The fraction of sp³-hybridized carbons (Fsp3) is 0.455. The van der Waals surface area contributed by atoms with E-state index in [4.69, 9.17) is 7.48 Å². The van der Waals surface area contributed by atoms with Crippen LogP contribution in [0.1, 0.15) is 20.8 Å². The monoisotopic (exact) mass is 214 g/mol. The Labute approximate surface area is 90.6 Å². The number of hydrogen-bond acceptors (Lipinski definition) is 2. The molecule has 0 amide bonds. The zero-order chi connectivity index (χ0) is 12.5. The Morgan fingerprint density at radius 2 is 2.07 bits per heavy atom. The Kier molecular flexibility index (Phi) is 2.78. The highest BCUT2D eigenvalue weighted by molar-refractivity contribution is 7.85. The van der Waals surface area contributed by atoms with Crippen molar-refractivity contribution in [2.24, 2.45) is 0 Å². The fourth-order valence-electron chi connectivity index (χ4n) is 1.42. The average molecular weight is 214 g/mol. The van der Waals surface area contributed by atoms with E-state index >= 15 is 0 Å². The third kappa shape index (κ3) is 2.15. The molecule has 2 nitrogen and oxygen atoms in total. The van der Waals surface area contributed by atoms with E-state index in [1.807, 2.05) is 13.8 Å². The molecule has 3 heteroatoms. The smallest absolute Gasteiger partial charge is 0.119 e. The number of rotatable bonds is 3. The Balaban J connectivity index is 3.31. The molecule has 0 saturated heterocycles. The first-order valence-electron chi connectivity index (χ1n) is 5.34. The molecule has 0 aromatic heterocycles. The van der Waals surface area contributed by atoms with Crippen LogP contribution in [-0.2, 0) is 10.8 Å². The summed E-state index contributed by atoms with van der Waals surface area (Å²) in [6, 6.07) is 3.54. The first kappa shape index (κ1) is 8.48. The number of benzene rings is 1. The molecule has 14 heavy (non-hydrogen) atoms. The van der Waals surface area contributed by atoms with Crippen LogP contribution in [0.5, 0.6) is 5.75 Å². The van der Waals surface area contributed by atoms with Crippen LogP contribution in [0.2, 0.25) is 0 Å². The van der Waals surface area contributed by atoms with E-state index in [0.29, 0.717) is 10.6 Å². The number of hydrogen-bond donors (Lipinski definition) is 0. The first-order chi connectivity index (χ1) is 7.27. The average Bonchev–Trinajstić information content (AvgIpc) is 2.14. The van der Waals surface area contributed by atoms with Crippen molar-refractivity contribution in [2.75, 3.05) is 12.8 Å². The summed E-state index contributed by atoms with van der Waals surface area (Å²) < 4.78 is 32.1. The van der Waals surface area contributed by atoms with Gasteiger partial charge in [0.2, 0.25) is 0 Å². The van der Waals surface area contributed by atoms with Gasteiger partial charge in [0.15, 0.2) is 0 Å². The summed E-state index contributed by atoms with van der Waals surface area (Å²) in [7, 11) is -0.0830. The molecule has 0 heterocycles. The van der Waals surface area contributed by atoms with E-state index in [0.717, 1.165) is 11.1 Å². The van der Waals surface area contributed by atoms with Crippen molar-refractivity contribution in [1.82, 2.24) is 0 Å². The van der Waals surface area contributed by atoms with E-state index in [9.17, 15) is 4.21 Å². The van der Waals surface area contributed by atoms with Crippen molar-refractivity contribution >= 4 is 10.8 Å². The SMILES string of the molecule is [1H][13C@@]([2H])(C)S(=O)c1c(C)cc(OC)cc1C. The van der Waals surface area contributed by atoms with Crippen LogP contribution in [0.15, 0.2) is 17.0 Å². The third-order valence-corrected chi connectivity index (χ3v) is 3.43. The minimum Gasteiger partial charge on any atom is -0.497 e.